The zero-order valence-electron chi connectivity index (χ0n) is 26.7. The van der Waals surface area contributed by atoms with E-state index in [2.05, 4.69) is 9.97 Å². The number of hydrogen-bond donors (Lipinski definition) is 0. The van der Waals surface area contributed by atoms with Crippen LogP contribution in [0.5, 0.6) is 11.5 Å². The van der Waals surface area contributed by atoms with Crippen LogP contribution in [0.4, 0.5) is 5.69 Å². The molecule has 1 aliphatic rings. The predicted octanol–water partition coefficient (Wildman–Crippen LogP) is 5.06. The van der Waals surface area contributed by atoms with Crippen LogP contribution in [0, 0.1) is 24.0 Å². The fourth-order valence-corrected chi connectivity index (χ4v) is 7.28. The van der Waals surface area contributed by atoms with Crippen molar-refractivity contribution in [1.29, 1.82) is 0 Å². The van der Waals surface area contributed by atoms with Crippen molar-refractivity contribution in [3.05, 3.63) is 106 Å². The number of hydrogen-bond acceptors (Lipinski definition) is 12. The molecule has 14 heteroatoms. The van der Waals surface area contributed by atoms with E-state index in [1.54, 1.807) is 43.3 Å². The second-order valence-electron chi connectivity index (χ2n) is 10.5. The molecule has 0 N–H and O–H groups in total. The highest BCUT2D eigenvalue weighted by Gasteiger charge is 2.36. The van der Waals surface area contributed by atoms with Crippen molar-refractivity contribution in [2.24, 2.45) is 4.99 Å². The number of carbonyl (C=O) groups excluding carboxylic acids is 1. The molecule has 5 rings (SSSR count). The van der Waals surface area contributed by atoms with Gasteiger partial charge >= 0.3 is 5.97 Å². The van der Waals surface area contributed by atoms with Gasteiger partial charge in [-0.05, 0) is 80.9 Å². The second kappa shape index (κ2) is 14.3. The van der Waals surface area contributed by atoms with Gasteiger partial charge in [0.15, 0.2) is 9.96 Å². The number of nitro benzene ring substituents is 1. The fourth-order valence-electron chi connectivity index (χ4n) is 5.31. The molecule has 0 saturated heterocycles. The summed E-state index contributed by atoms with van der Waals surface area (Å²) in [5, 5.41) is 12.5. The fraction of sp³-hybridized carbons (Fsp3) is 0.303. The summed E-state index contributed by atoms with van der Waals surface area (Å²) in [5.41, 5.74) is 2.67. The first-order valence-corrected chi connectivity index (χ1v) is 16.4. The Labute approximate surface area is 278 Å². The minimum atomic E-state index is -0.926. The molecule has 0 bridgehead atoms. The summed E-state index contributed by atoms with van der Waals surface area (Å²) in [6.45, 7) is 7.50. The van der Waals surface area contributed by atoms with E-state index < -0.39 is 22.5 Å². The van der Waals surface area contributed by atoms with Crippen LogP contribution >= 0.6 is 23.1 Å². The lowest BCUT2D eigenvalue weighted by Gasteiger charge is -2.27. The number of aromatic nitrogens is 3. The Kier molecular flexibility index (Phi) is 10.2. The number of fused-ring (bicyclic) bond motifs is 1. The molecule has 0 radical (unpaired) electrons. The summed E-state index contributed by atoms with van der Waals surface area (Å²) in [4.78, 5) is 53.7. The second-order valence-corrected chi connectivity index (χ2v) is 12.6. The molecule has 244 valence electrons. The topological polar surface area (TPSA) is 148 Å². The largest absolute Gasteiger partial charge is 0.497 e. The van der Waals surface area contributed by atoms with Crippen LogP contribution in [0.25, 0.3) is 6.08 Å². The summed E-state index contributed by atoms with van der Waals surface area (Å²) < 4.78 is 18.4. The smallest absolute Gasteiger partial charge is 0.338 e. The Morgan fingerprint density at radius 1 is 1.09 bits per heavy atom. The van der Waals surface area contributed by atoms with Crippen molar-refractivity contribution >= 4 is 40.8 Å². The monoisotopic (exact) mass is 675 g/mol. The van der Waals surface area contributed by atoms with E-state index in [1.165, 1.54) is 24.9 Å². The lowest BCUT2D eigenvalue weighted by atomic mass is 9.93. The van der Waals surface area contributed by atoms with Crippen LogP contribution in [-0.2, 0) is 9.53 Å². The molecule has 0 fully saturated rings. The molecular formula is C33H33N5O7S2. The lowest BCUT2D eigenvalue weighted by molar-refractivity contribution is -0.387. The van der Waals surface area contributed by atoms with Gasteiger partial charge in [0.1, 0.15) is 17.5 Å². The average molecular weight is 676 g/mol. The van der Waals surface area contributed by atoms with Crippen molar-refractivity contribution in [3.8, 4) is 11.5 Å². The minimum Gasteiger partial charge on any atom is -0.497 e. The zero-order valence-corrected chi connectivity index (χ0v) is 28.4. The molecule has 0 unspecified atom stereocenters. The van der Waals surface area contributed by atoms with Crippen LogP contribution in [0.2, 0.25) is 0 Å². The maximum absolute atomic E-state index is 14.2. The molecule has 1 aliphatic heterocycles. The van der Waals surface area contributed by atoms with Crippen molar-refractivity contribution in [2.45, 2.75) is 56.6 Å². The Morgan fingerprint density at radius 2 is 1.83 bits per heavy atom. The molecule has 0 saturated carbocycles. The maximum atomic E-state index is 14.2. The number of carbonyl (C=O) groups is 1. The standard InChI is InChI=1S/C33H33N5O7S2/c1-7-9-23-28(31(40)45-8-2)29(22-17-21(43-5)11-12-25(22)44-6)37-30(39)27(47-33(37)36-23)16-20-10-13-26(24(15-20)38(41)42)46-32-34-18(3)14-19(4)35-32/h10-17,29H,7-9H2,1-6H3/b27-16-/t29-/m0/s1. The third kappa shape index (κ3) is 6.98. The summed E-state index contributed by atoms with van der Waals surface area (Å²) >= 11 is 2.23. The van der Waals surface area contributed by atoms with E-state index >= 15 is 0 Å². The van der Waals surface area contributed by atoms with E-state index in [9.17, 15) is 19.7 Å². The number of aryl methyl sites for hydroxylation is 2. The molecule has 4 aromatic rings. The third-order valence-corrected chi connectivity index (χ3v) is 9.18. The van der Waals surface area contributed by atoms with Crippen LogP contribution < -0.4 is 24.4 Å². The van der Waals surface area contributed by atoms with Crippen LogP contribution in [0.15, 0.2) is 73.6 Å². The summed E-state index contributed by atoms with van der Waals surface area (Å²) in [6, 6.07) is 10.8. The van der Waals surface area contributed by atoms with Gasteiger partial charge in [-0.25, -0.2) is 19.8 Å². The first kappa shape index (κ1) is 33.5. The zero-order chi connectivity index (χ0) is 33.8. The predicted molar refractivity (Wildman–Crippen MR) is 178 cm³/mol. The summed E-state index contributed by atoms with van der Waals surface area (Å²) in [5.74, 6) is 0.374. The Balaban J connectivity index is 1.69. The van der Waals surface area contributed by atoms with Crippen LogP contribution in [0.1, 0.15) is 55.2 Å². The maximum Gasteiger partial charge on any atom is 0.338 e. The highest BCUT2D eigenvalue weighted by Crippen LogP contribution is 2.39. The summed E-state index contributed by atoms with van der Waals surface area (Å²) in [7, 11) is 3.04. The number of thiazole rings is 1. The van der Waals surface area contributed by atoms with E-state index in [1.807, 2.05) is 26.8 Å². The number of nitrogens with zero attached hydrogens (tertiary/aromatic N) is 5. The molecule has 3 heterocycles. The van der Waals surface area contributed by atoms with Gasteiger partial charge in [0.25, 0.3) is 11.2 Å². The number of nitro groups is 1. The van der Waals surface area contributed by atoms with Gasteiger partial charge in [-0.1, -0.05) is 30.7 Å². The quantitative estimate of drug-likeness (QED) is 0.0914. The molecule has 47 heavy (non-hydrogen) atoms. The van der Waals surface area contributed by atoms with Gasteiger partial charge in [-0.2, -0.15) is 0 Å². The number of esters is 1. The van der Waals surface area contributed by atoms with E-state index in [-0.39, 0.29) is 22.4 Å². The van der Waals surface area contributed by atoms with Crippen LogP contribution in [-0.4, -0.2) is 46.3 Å². The molecule has 2 aromatic carbocycles. The molecule has 0 aliphatic carbocycles. The molecule has 0 spiro atoms. The van der Waals surface area contributed by atoms with Gasteiger partial charge in [-0.15, -0.1) is 0 Å². The molecule has 12 nitrogen and oxygen atoms in total. The van der Waals surface area contributed by atoms with Gasteiger partial charge in [0, 0.05) is 23.0 Å². The number of rotatable bonds is 11. The van der Waals surface area contributed by atoms with Crippen molar-refractivity contribution in [2.75, 3.05) is 20.8 Å². The molecule has 0 amide bonds. The first-order chi connectivity index (χ1) is 22.6. The number of methoxy groups -OCH3 is 2. The highest BCUT2D eigenvalue weighted by molar-refractivity contribution is 7.99. The normalized spacial score (nSPS) is 14.4. The van der Waals surface area contributed by atoms with Crippen molar-refractivity contribution in [1.82, 2.24) is 14.5 Å². The Bertz CT molecular complexity index is 2070. The van der Waals surface area contributed by atoms with Gasteiger partial charge in [0.05, 0.1) is 46.4 Å². The lowest BCUT2D eigenvalue weighted by Crippen LogP contribution is -2.40. The Hall–Kier alpha value is -4.82. The highest BCUT2D eigenvalue weighted by atomic mass is 32.2. The molecule has 2 aromatic heterocycles. The van der Waals surface area contributed by atoms with Gasteiger partial charge in [0.2, 0.25) is 0 Å². The molecular weight excluding hydrogens is 643 g/mol. The number of allylic oxidation sites excluding steroid dienone is 1. The van der Waals surface area contributed by atoms with E-state index in [0.717, 1.165) is 34.5 Å². The minimum absolute atomic E-state index is 0.136. The number of ether oxygens (including phenoxy) is 3. The third-order valence-electron chi connectivity index (χ3n) is 7.26. The van der Waals surface area contributed by atoms with Crippen molar-refractivity contribution in [3.63, 3.8) is 0 Å². The van der Waals surface area contributed by atoms with E-state index in [0.29, 0.717) is 56.0 Å². The Morgan fingerprint density at radius 3 is 2.47 bits per heavy atom. The van der Waals surface area contributed by atoms with Crippen LogP contribution in [0.3, 0.4) is 0 Å². The average Bonchev–Trinajstić information content (AvgIpc) is 3.34. The number of benzene rings is 2. The van der Waals surface area contributed by atoms with Gasteiger partial charge in [-0.3, -0.25) is 19.5 Å². The van der Waals surface area contributed by atoms with Crippen molar-refractivity contribution < 1.29 is 23.9 Å². The molecule has 1 atom stereocenters. The first-order valence-electron chi connectivity index (χ1n) is 14.8. The summed E-state index contributed by atoms with van der Waals surface area (Å²) in [6.07, 6.45) is 2.75. The SMILES string of the molecule is CCCC1=C(C(=O)OCC)[C@H](c2cc(OC)ccc2OC)n2c(s/c(=C\c3ccc(Sc4nc(C)cc(C)n4)c([N+](=O)[O-])c3)c2=O)=N1. The van der Waals surface area contributed by atoms with Gasteiger partial charge < -0.3 is 14.2 Å². The van der Waals surface area contributed by atoms with E-state index in [4.69, 9.17) is 19.2 Å².